The van der Waals surface area contributed by atoms with Crippen LogP contribution in [0.3, 0.4) is 0 Å². The zero-order valence-electron chi connectivity index (χ0n) is 37.1. The Morgan fingerprint density at radius 1 is 0.484 bits per heavy atom. The standard InChI is InChI=1S/2C24H33NO5S/c2*1-5-6-19(2)24(15-16-26)31(27,28)25(17-20-7-11-22(29-3)12-8-20)18-21-9-13-23(30-4)14-10-21/h2*5,7-14,19,24,26H,1,6,15-18H2,2-4H3/t19-,24+;19-,24-/m00/s1. The number of hydrogen-bond acceptors (Lipinski definition) is 10. The highest BCUT2D eigenvalue weighted by Gasteiger charge is 2.36. The lowest BCUT2D eigenvalue weighted by Crippen LogP contribution is -2.41. The summed E-state index contributed by atoms with van der Waals surface area (Å²) < 4.78 is 78.7. The first-order valence-corrected chi connectivity index (χ1v) is 23.6. The molecule has 62 heavy (non-hydrogen) atoms. The first-order chi connectivity index (χ1) is 29.7. The number of ether oxygens (including phenoxy) is 4. The molecule has 0 spiro atoms. The van der Waals surface area contributed by atoms with E-state index in [4.69, 9.17) is 18.9 Å². The number of sulfonamides is 2. The molecule has 340 valence electrons. The van der Waals surface area contributed by atoms with Crippen LogP contribution in [0.5, 0.6) is 23.0 Å². The van der Waals surface area contributed by atoms with E-state index in [1.165, 1.54) is 8.61 Å². The molecule has 4 atom stereocenters. The molecule has 0 aliphatic heterocycles. The van der Waals surface area contributed by atoms with Gasteiger partial charge >= 0.3 is 0 Å². The highest BCUT2D eigenvalue weighted by molar-refractivity contribution is 7.90. The van der Waals surface area contributed by atoms with Crippen LogP contribution in [0, 0.1) is 11.8 Å². The van der Waals surface area contributed by atoms with Gasteiger partial charge < -0.3 is 29.2 Å². The van der Waals surface area contributed by atoms with Gasteiger partial charge in [-0.1, -0.05) is 74.5 Å². The molecule has 2 N–H and O–H groups in total. The molecule has 0 fully saturated rings. The van der Waals surface area contributed by atoms with E-state index in [0.29, 0.717) is 35.8 Å². The predicted octanol–water partition coefficient (Wildman–Crippen LogP) is 8.00. The molecule has 0 amide bonds. The fourth-order valence-corrected chi connectivity index (χ4v) is 11.4. The van der Waals surface area contributed by atoms with Crippen molar-refractivity contribution in [3.8, 4) is 23.0 Å². The number of rotatable bonds is 26. The molecule has 0 bridgehead atoms. The molecular formula is C48H66N2O10S2. The Bertz CT molecular complexity index is 1880. The molecule has 0 unspecified atom stereocenters. The van der Waals surface area contributed by atoms with E-state index in [-0.39, 0.29) is 64.1 Å². The normalized spacial score (nSPS) is 13.6. The molecule has 0 aliphatic carbocycles. The van der Waals surface area contributed by atoms with Crippen LogP contribution in [-0.4, -0.2) is 87.8 Å². The molecule has 12 nitrogen and oxygen atoms in total. The van der Waals surface area contributed by atoms with Gasteiger partial charge in [-0.2, -0.15) is 8.61 Å². The molecular weight excluding hydrogens is 829 g/mol. The van der Waals surface area contributed by atoms with E-state index in [1.807, 2.05) is 111 Å². The van der Waals surface area contributed by atoms with Gasteiger partial charge in [0.05, 0.1) is 38.9 Å². The largest absolute Gasteiger partial charge is 0.497 e. The van der Waals surface area contributed by atoms with Gasteiger partial charge in [-0.05, 0) is 108 Å². The van der Waals surface area contributed by atoms with Gasteiger partial charge in [0.2, 0.25) is 20.0 Å². The Balaban J connectivity index is 0.000000330. The lowest BCUT2D eigenvalue weighted by Gasteiger charge is -2.30. The second kappa shape index (κ2) is 26.0. The minimum Gasteiger partial charge on any atom is -0.497 e. The number of methoxy groups -OCH3 is 4. The quantitative estimate of drug-likeness (QED) is 0.0594. The molecule has 0 radical (unpaired) electrons. The highest BCUT2D eigenvalue weighted by Crippen LogP contribution is 2.29. The van der Waals surface area contributed by atoms with Crippen molar-refractivity contribution in [1.82, 2.24) is 8.61 Å². The maximum Gasteiger partial charge on any atom is 0.217 e. The zero-order valence-corrected chi connectivity index (χ0v) is 38.7. The summed E-state index contributed by atoms with van der Waals surface area (Å²) in [6, 6.07) is 29.5. The van der Waals surface area contributed by atoms with Crippen LogP contribution in [-0.2, 0) is 46.2 Å². The minimum atomic E-state index is -3.71. The van der Waals surface area contributed by atoms with Crippen LogP contribution < -0.4 is 18.9 Å². The summed E-state index contributed by atoms with van der Waals surface area (Å²) in [5.41, 5.74) is 3.43. The van der Waals surface area contributed by atoms with Gasteiger partial charge in [0.15, 0.2) is 0 Å². The Morgan fingerprint density at radius 3 is 0.887 bits per heavy atom. The summed E-state index contributed by atoms with van der Waals surface area (Å²) in [5.74, 6) is 2.53. The van der Waals surface area contributed by atoms with Crippen molar-refractivity contribution in [3.63, 3.8) is 0 Å². The van der Waals surface area contributed by atoms with Crippen LogP contribution in [0.1, 0.15) is 61.8 Å². The number of allylic oxidation sites excluding steroid dienone is 2. The molecule has 4 aromatic carbocycles. The minimum absolute atomic E-state index is 0.163. The van der Waals surface area contributed by atoms with Crippen LogP contribution in [0.15, 0.2) is 122 Å². The molecule has 14 heteroatoms. The van der Waals surface area contributed by atoms with E-state index in [2.05, 4.69) is 13.2 Å². The van der Waals surface area contributed by atoms with Crippen LogP contribution in [0.4, 0.5) is 0 Å². The number of aliphatic hydroxyl groups excluding tert-OH is 2. The maximum absolute atomic E-state index is 13.7. The highest BCUT2D eigenvalue weighted by atomic mass is 32.2. The van der Waals surface area contributed by atoms with Crippen molar-refractivity contribution < 1.29 is 46.0 Å². The Morgan fingerprint density at radius 2 is 0.710 bits per heavy atom. The summed E-state index contributed by atoms with van der Waals surface area (Å²) in [6.45, 7) is 11.8. The monoisotopic (exact) mass is 894 g/mol. The smallest absolute Gasteiger partial charge is 0.217 e. The Labute approximate surface area is 370 Å². The number of hydrogen-bond donors (Lipinski definition) is 2. The van der Waals surface area contributed by atoms with Crippen molar-refractivity contribution in [2.45, 2.75) is 76.2 Å². The summed E-state index contributed by atoms with van der Waals surface area (Å²) in [7, 11) is -1.05. The van der Waals surface area contributed by atoms with E-state index in [0.717, 1.165) is 22.3 Å². The number of aliphatic hydroxyl groups is 2. The SMILES string of the molecule is C=CC[C@H](C)[C@@H](CCO)S(=O)(=O)N(Cc1ccc(OC)cc1)Cc1ccc(OC)cc1.C=CC[C@H](C)[C@H](CCO)S(=O)(=O)N(Cc1ccc(OC)cc1)Cc1ccc(OC)cc1. The van der Waals surface area contributed by atoms with Gasteiger partial charge in [0.25, 0.3) is 0 Å². The predicted molar refractivity (Wildman–Crippen MR) is 247 cm³/mol. The molecule has 0 aliphatic rings. The lowest BCUT2D eigenvalue weighted by atomic mass is 10.0. The van der Waals surface area contributed by atoms with Gasteiger partial charge in [-0.25, -0.2) is 16.8 Å². The van der Waals surface area contributed by atoms with Crippen molar-refractivity contribution in [1.29, 1.82) is 0 Å². The van der Waals surface area contributed by atoms with E-state index >= 15 is 0 Å². The summed E-state index contributed by atoms with van der Waals surface area (Å²) in [6.07, 6.45) is 4.92. The summed E-state index contributed by atoms with van der Waals surface area (Å²) >= 11 is 0. The van der Waals surface area contributed by atoms with Crippen molar-refractivity contribution in [2.24, 2.45) is 11.8 Å². The Hall–Kier alpha value is -4.70. The topological polar surface area (TPSA) is 152 Å². The van der Waals surface area contributed by atoms with Gasteiger partial charge in [0.1, 0.15) is 23.0 Å². The summed E-state index contributed by atoms with van der Waals surface area (Å²) in [5, 5.41) is 17.7. The fourth-order valence-electron chi connectivity index (χ4n) is 7.13. The van der Waals surface area contributed by atoms with Crippen LogP contribution in [0.2, 0.25) is 0 Å². The third-order valence-corrected chi connectivity index (χ3v) is 15.6. The average Bonchev–Trinajstić information content (AvgIpc) is 3.28. The third-order valence-electron chi connectivity index (χ3n) is 10.7. The van der Waals surface area contributed by atoms with Gasteiger partial charge in [-0.3, -0.25) is 0 Å². The van der Waals surface area contributed by atoms with Crippen molar-refractivity contribution >= 4 is 20.0 Å². The van der Waals surface area contributed by atoms with E-state index in [1.54, 1.807) is 40.6 Å². The number of nitrogens with zero attached hydrogens (tertiary/aromatic N) is 2. The first-order valence-electron chi connectivity index (χ1n) is 20.6. The lowest BCUT2D eigenvalue weighted by molar-refractivity contribution is 0.269. The van der Waals surface area contributed by atoms with Crippen molar-refractivity contribution in [3.05, 3.63) is 145 Å². The van der Waals surface area contributed by atoms with Crippen LogP contribution >= 0.6 is 0 Å². The average molecular weight is 895 g/mol. The molecule has 4 rings (SSSR count). The second-order valence-corrected chi connectivity index (χ2v) is 19.4. The third kappa shape index (κ3) is 15.3. The van der Waals surface area contributed by atoms with E-state index < -0.39 is 30.5 Å². The maximum atomic E-state index is 13.7. The van der Waals surface area contributed by atoms with Gasteiger partial charge in [-0.15, -0.1) is 13.2 Å². The van der Waals surface area contributed by atoms with Crippen LogP contribution in [0.25, 0.3) is 0 Å². The Kier molecular flexibility index (Phi) is 21.7. The molecule has 0 saturated carbocycles. The molecule has 0 aromatic heterocycles. The van der Waals surface area contributed by atoms with E-state index in [9.17, 15) is 27.0 Å². The number of benzene rings is 4. The van der Waals surface area contributed by atoms with Gasteiger partial charge in [0, 0.05) is 39.4 Å². The zero-order chi connectivity index (χ0) is 45.7. The second-order valence-electron chi connectivity index (χ2n) is 15.1. The summed E-state index contributed by atoms with van der Waals surface area (Å²) in [4.78, 5) is 0. The molecule has 4 aromatic rings. The fraction of sp³-hybridized carbons (Fsp3) is 0.417. The first kappa shape index (κ1) is 51.6. The molecule has 0 saturated heterocycles. The molecule has 0 heterocycles. The van der Waals surface area contributed by atoms with Crippen molar-refractivity contribution in [2.75, 3.05) is 41.7 Å².